The van der Waals surface area contributed by atoms with Gasteiger partial charge in [0, 0.05) is 0 Å². The molecule has 0 aliphatic heterocycles. The fourth-order valence-electron chi connectivity index (χ4n) is 2.03. The van der Waals surface area contributed by atoms with Crippen molar-refractivity contribution in [1.82, 2.24) is 0 Å². The van der Waals surface area contributed by atoms with Crippen LogP contribution in [0.1, 0.15) is 71.1 Å². The molecule has 0 heterocycles. The van der Waals surface area contributed by atoms with Gasteiger partial charge in [0.1, 0.15) is 0 Å². The van der Waals surface area contributed by atoms with E-state index >= 15 is 0 Å². The highest BCUT2D eigenvalue weighted by Gasteiger charge is 2.04. The zero-order valence-corrected chi connectivity index (χ0v) is 11.1. The molecule has 0 nitrogen and oxygen atoms in total. The van der Waals surface area contributed by atoms with Crippen molar-refractivity contribution in [3.8, 4) is 0 Å². The molecule has 0 unspecified atom stereocenters. The molecule has 0 aromatic heterocycles. The highest BCUT2D eigenvalue weighted by molar-refractivity contribution is 5.00. The van der Waals surface area contributed by atoms with Gasteiger partial charge in [-0.1, -0.05) is 64.0 Å². The molecule has 0 spiro atoms. The lowest BCUT2D eigenvalue weighted by molar-refractivity contribution is 0.572. The summed E-state index contributed by atoms with van der Waals surface area (Å²) in [5, 5.41) is 0. The summed E-state index contributed by atoms with van der Waals surface area (Å²) < 4.78 is 0. The van der Waals surface area contributed by atoms with Crippen LogP contribution < -0.4 is 0 Å². The van der Waals surface area contributed by atoms with Crippen LogP contribution in [0.4, 0.5) is 0 Å². The summed E-state index contributed by atoms with van der Waals surface area (Å²) in [6.07, 6.45) is 17.2. The first kappa shape index (κ1) is 15.5. The molecule has 0 saturated carbocycles. The molecule has 0 aliphatic carbocycles. The van der Waals surface area contributed by atoms with Crippen LogP contribution in [-0.2, 0) is 0 Å². The topological polar surface area (TPSA) is 0 Å². The van der Waals surface area contributed by atoms with E-state index < -0.39 is 0 Å². The maximum absolute atomic E-state index is 3.81. The molecule has 16 heavy (non-hydrogen) atoms. The van der Waals surface area contributed by atoms with E-state index in [1.807, 2.05) is 12.2 Å². The summed E-state index contributed by atoms with van der Waals surface area (Å²) in [5.74, 6) is 1.60. The van der Waals surface area contributed by atoms with Crippen molar-refractivity contribution in [2.75, 3.05) is 0 Å². The minimum atomic E-state index is 1.07. The van der Waals surface area contributed by atoms with Crippen LogP contribution >= 0.6 is 0 Å². The Morgan fingerprint density at radius 1 is 0.812 bits per heavy atom. The van der Waals surface area contributed by atoms with Crippen LogP contribution in [0.25, 0.3) is 0 Å². The van der Waals surface area contributed by atoms with Crippen molar-refractivity contribution in [2.45, 2.75) is 71.1 Å². The molecule has 0 atom stereocenters. The average molecular weight is 221 g/mol. The van der Waals surface area contributed by atoms with Crippen molar-refractivity contribution in [2.24, 2.45) is 0 Å². The van der Waals surface area contributed by atoms with Crippen LogP contribution in [-0.4, -0.2) is 0 Å². The second-order valence-electron chi connectivity index (χ2n) is 4.61. The second kappa shape index (κ2) is 12.5. The van der Waals surface area contributed by atoms with Gasteiger partial charge in [-0.2, -0.15) is 0 Å². The molecule has 0 heteroatoms. The summed E-state index contributed by atoms with van der Waals surface area (Å²) in [6.45, 7) is 9.88. The van der Waals surface area contributed by atoms with Gasteiger partial charge in [0.25, 0.3) is 0 Å². The van der Waals surface area contributed by atoms with Gasteiger partial charge < -0.3 is 0 Å². The Morgan fingerprint density at radius 2 is 1.31 bits per heavy atom. The lowest BCUT2D eigenvalue weighted by Crippen LogP contribution is -1.94. The van der Waals surface area contributed by atoms with E-state index in [-0.39, 0.29) is 0 Å². The Hall–Kier alpha value is -0.520. The predicted molar refractivity (Wildman–Crippen MR) is 75.5 cm³/mol. The zero-order chi connectivity index (χ0) is 12.1. The van der Waals surface area contributed by atoms with Crippen LogP contribution in [0.5, 0.6) is 0 Å². The Balaban J connectivity index is 3.32. The monoisotopic (exact) mass is 221 g/mol. The Morgan fingerprint density at radius 3 is 1.81 bits per heavy atom. The third-order valence-electron chi connectivity index (χ3n) is 3.00. The minimum absolute atomic E-state index is 1.07. The van der Waals surface area contributed by atoms with Crippen LogP contribution in [0.2, 0.25) is 0 Å². The first-order chi connectivity index (χ1) is 7.85. The maximum Gasteiger partial charge on any atom is -0.0166 e. The van der Waals surface area contributed by atoms with Gasteiger partial charge in [-0.25, -0.2) is 0 Å². The van der Waals surface area contributed by atoms with Gasteiger partial charge in [-0.15, -0.1) is 13.2 Å². The van der Waals surface area contributed by atoms with Crippen molar-refractivity contribution < 1.29 is 0 Å². The molecule has 0 amide bonds. The molecule has 0 aromatic carbocycles. The Bertz CT molecular complexity index is 147. The summed E-state index contributed by atoms with van der Waals surface area (Å²) in [5.41, 5.74) is 0. The number of rotatable bonds is 12. The summed E-state index contributed by atoms with van der Waals surface area (Å²) in [7, 11) is 0. The van der Waals surface area contributed by atoms with Gasteiger partial charge in [0.15, 0.2) is 0 Å². The van der Waals surface area contributed by atoms with Gasteiger partial charge in [-0.05, 0) is 25.2 Å². The largest absolute Gasteiger partial charge is 0.103 e. The van der Waals surface area contributed by atoms with E-state index in [1.54, 1.807) is 5.92 Å². The SMILES string of the molecule is C=CC[C](CC=C)CCCCCCCCC. The lowest BCUT2D eigenvalue weighted by Gasteiger charge is -2.11. The van der Waals surface area contributed by atoms with Crippen LogP contribution in [0.3, 0.4) is 0 Å². The predicted octanol–water partition coefficient (Wildman–Crippen LogP) is 5.85. The lowest BCUT2D eigenvalue weighted by atomic mass is 9.94. The first-order valence-corrected chi connectivity index (χ1v) is 6.90. The third-order valence-corrected chi connectivity index (χ3v) is 3.00. The van der Waals surface area contributed by atoms with E-state index in [0.29, 0.717) is 0 Å². The maximum atomic E-state index is 3.81. The molecular weight excluding hydrogens is 192 g/mol. The highest BCUT2D eigenvalue weighted by Crippen LogP contribution is 2.21. The molecule has 0 rings (SSSR count). The van der Waals surface area contributed by atoms with Crippen molar-refractivity contribution >= 4 is 0 Å². The molecule has 1 radical (unpaired) electrons. The molecule has 93 valence electrons. The highest BCUT2D eigenvalue weighted by atomic mass is 14.1. The summed E-state index contributed by atoms with van der Waals surface area (Å²) >= 11 is 0. The van der Waals surface area contributed by atoms with Crippen molar-refractivity contribution in [1.29, 1.82) is 0 Å². The van der Waals surface area contributed by atoms with Crippen LogP contribution in [0.15, 0.2) is 25.3 Å². The molecule has 0 bridgehead atoms. The third kappa shape index (κ3) is 10.0. The summed E-state index contributed by atoms with van der Waals surface area (Å²) in [4.78, 5) is 0. The van der Waals surface area contributed by atoms with Crippen molar-refractivity contribution in [3.63, 3.8) is 0 Å². The standard InChI is InChI=1S/C16H29/c1-4-7-8-9-10-11-12-15-16(13-5-2)14-6-3/h5-6H,2-4,7-15H2,1H3. The van der Waals surface area contributed by atoms with E-state index in [0.717, 1.165) is 12.8 Å². The van der Waals surface area contributed by atoms with E-state index in [9.17, 15) is 0 Å². The van der Waals surface area contributed by atoms with E-state index in [1.165, 1.54) is 51.4 Å². The van der Waals surface area contributed by atoms with Gasteiger partial charge in [-0.3, -0.25) is 0 Å². The fourth-order valence-corrected chi connectivity index (χ4v) is 2.03. The van der Waals surface area contributed by atoms with E-state index in [2.05, 4.69) is 20.1 Å². The minimum Gasteiger partial charge on any atom is -0.103 e. The number of hydrogen-bond acceptors (Lipinski definition) is 0. The molecule has 0 aromatic rings. The molecule has 0 N–H and O–H groups in total. The van der Waals surface area contributed by atoms with Gasteiger partial charge in [0.05, 0.1) is 0 Å². The quantitative estimate of drug-likeness (QED) is 0.286. The molecule has 0 fully saturated rings. The average Bonchev–Trinajstić information content (AvgIpc) is 2.28. The number of unbranched alkanes of at least 4 members (excludes halogenated alkanes) is 6. The molecule has 0 saturated heterocycles. The van der Waals surface area contributed by atoms with Crippen molar-refractivity contribution in [3.05, 3.63) is 31.2 Å². The van der Waals surface area contributed by atoms with Crippen LogP contribution in [0, 0.1) is 5.92 Å². The van der Waals surface area contributed by atoms with E-state index in [4.69, 9.17) is 0 Å². The fraction of sp³-hybridized carbons (Fsp3) is 0.688. The Labute approximate surface area is 103 Å². The number of allylic oxidation sites excluding steroid dienone is 2. The Kier molecular flexibility index (Phi) is 12.1. The molecule has 0 aliphatic rings. The smallest absolute Gasteiger partial charge is 0.0166 e. The molecular formula is C16H29. The van der Waals surface area contributed by atoms with Gasteiger partial charge >= 0.3 is 0 Å². The normalized spacial score (nSPS) is 10.6. The second-order valence-corrected chi connectivity index (χ2v) is 4.61. The van der Waals surface area contributed by atoms with Gasteiger partial charge in [0.2, 0.25) is 0 Å². The zero-order valence-electron chi connectivity index (χ0n) is 11.1. The number of hydrogen-bond donors (Lipinski definition) is 0. The first-order valence-electron chi connectivity index (χ1n) is 6.90. The summed E-state index contributed by atoms with van der Waals surface area (Å²) in [6, 6.07) is 0.